The molecule has 0 aliphatic carbocycles. The van der Waals surface area contributed by atoms with E-state index < -0.39 is 34.7 Å². The molecule has 2 N–H and O–H groups in total. The van der Waals surface area contributed by atoms with Crippen LogP contribution in [0.5, 0.6) is 0 Å². The van der Waals surface area contributed by atoms with E-state index in [1.54, 1.807) is 13.0 Å². The largest absolute Gasteiger partial charge is 0.478 e. The zero-order valence-corrected chi connectivity index (χ0v) is 14.3. The van der Waals surface area contributed by atoms with Crippen molar-refractivity contribution < 1.29 is 23.1 Å². The molecule has 7 heteroatoms. The summed E-state index contributed by atoms with van der Waals surface area (Å²) in [6, 6.07) is 4.97. The third-order valence-electron chi connectivity index (χ3n) is 2.78. The second-order valence-corrected chi connectivity index (χ2v) is 5.18. The van der Waals surface area contributed by atoms with E-state index >= 15 is 0 Å². The smallest absolute Gasteiger partial charge is 0.337 e. The number of halogens is 4. The maximum Gasteiger partial charge on any atom is 0.337 e. The van der Waals surface area contributed by atoms with Crippen molar-refractivity contribution >= 4 is 33.3 Å². The van der Waals surface area contributed by atoms with Crippen LogP contribution in [0.2, 0.25) is 0 Å². The second kappa shape index (κ2) is 8.01. The van der Waals surface area contributed by atoms with Crippen molar-refractivity contribution in [3.05, 3.63) is 57.3 Å². The Hall–Kier alpha value is -2.02. The molecule has 0 spiro atoms. The van der Waals surface area contributed by atoms with Gasteiger partial charge in [-0.3, -0.25) is 0 Å². The third-order valence-corrected chi connectivity index (χ3v) is 3.35. The Bertz CT molecular complexity index is 736. The minimum Gasteiger partial charge on any atom is -0.478 e. The van der Waals surface area contributed by atoms with Crippen LogP contribution in [0.1, 0.15) is 29.8 Å². The van der Waals surface area contributed by atoms with Crippen LogP contribution in [-0.4, -0.2) is 11.1 Å². The van der Waals surface area contributed by atoms with E-state index in [1.165, 1.54) is 12.1 Å². The first-order valence-electron chi connectivity index (χ1n) is 6.75. The highest BCUT2D eigenvalue weighted by atomic mass is 79.9. The number of aryl methyl sites for hydroxylation is 1. The zero-order chi connectivity index (χ0) is 17.7. The molecule has 0 amide bonds. The van der Waals surface area contributed by atoms with Crippen LogP contribution >= 0.6 is 15.9 Å². The van der Waals surface area contributed by atoms with Crippen molar-refractivity contribution in [1.29, 1.82) is 0 Å². The molecule has 3 nitrogen and oxygen atoms in total. The minimum atomic E-state index is -1.47. The lowest BCUT2D eigenvalue weighted by Crippen LogP contribution is -2.08. The standard InChI is InChI=1S/C14H9BrF3NO2.C2H6/c1-6-2-3-10(9(16)4-6)19-13-7(14(20)21)5-8(15)11(17)12(13)18;1-2/h2-5,19H,1H3,(H,20,21);1-2H3. The van der Waals surface area contributed by atoms with E-state index in [1.807, 2.05) is 13.8 Å². The predicted octanol–water partition coefficient (Wildman–Crippen LogP) is 5.64. The Kier molecular flexibility index (Phi) is 6.62. The SMILES string of the molecule is CC.Cc1ccc(Nc2c(C(=O)O)cc(Br)c(F)c2F)c(F)c1. The van der Waals surface area contributed by atoms with Gasteiger partial charge in [0.2, 0.25) is 0 Å². The summed E-state index contributed by atoms with van der Waals surface area (Å²) in [7, 11) is 0. The van der Waals surface area contributed by atoms with Gasteiger partial charge in [-0.25, -0.2) is 18.0 Å². The monoisotopic (exact) mass is 389 g/mol. The van der Waals surface area contributed by atoms with Crippen molar-refractivity contribution in [3.63, 3.8) is 0 Å². The Balaban J connectivity index is 0.00000127. The molecule has 2 aromatic carbocycles. The molecule has 0 radical (unpaired) electrons. The van der Waals surface area contributed by atoms with Gasteiger partial charge in [-0.05, 0) is 46.6 Å². The average Bonchev–Trinajstić information content (AvgIpc) is 2.51. The van der Waals surface area contributed by atoms with Gasteiger partial charge in [-0.2, -0.15) is 0 Å². The average molecular weight is 390 g/mol. The van der Waals surface area contributed by atoms with Crippen molar-refractivity contribution in [2.75, 3.05) is 5.32 Å². The molecule has 0 aliphatic rings. The normalized spacial score (nSPS) is 9.87. The van der Waals surface area contributed by atoms with Crippen molar-refractivity contribution in [1.82, 2.24) is 0 Å². The van der Waals surface area contributed by atoms with Gasteiger partial charge in [0.15, 0.2) is 11.6 Å². The highest BCUT2D eigenvalue weighted by Gasteiger charge is 2.22. The molecule has 0 aromatic heterocycles. The molecule has 0 saturated heterocycles. The van der Waals surface area contributed by atoms with Gasteiger partial charge < -0.3 is 10.4 Å². The first kappa shape index (κ1) is 19.0. The predicted molar refractivity (Wildman–Crippen MR) is 86.8 cm³/mol. The van der Waals surface area contributed by atoms with Gasteiger partial charge in [0, 0.05) is 0 Å². The summed E-state index contributed by atoms with van der Waals surface area (Å²) in [6.45, 7) is 5.66. The number of carbonyl (C=O) groups is 1. The number of carboxylic acid groups (broad SMARTS) is 1. The molecule has 0 fully saturated rings. The number of aromatic carboxylic acids is 1. The molecule has 0 heterocycles. The first-order chi connectivity index (χ1) is 10.8. The van der Waals surface area contributed by atoms with Gasteiger partial charge in [-0.15, -0.1) is 0 Å². The Labute approximate surface area is 140 Å². The van der Waals surface area contributed by atoms with E-state index in [0.29, 0.717) is 5.56 Å². The summed E-state index contributed by atoms with van der Waals surface area (Å²) < 4.78 is 40.9. The summed E-state index contributed by atoms with van der Waals surface area (Å²) in [5.41, 5.74) is -0.658. The number of benzene rings is 2. The fraction of sp³-hybridized carbons (Fsp3) is 0.188. The highest BCUT2D eigenvalue weighted by molar-refractivity contribution is 9.10. The maximum atomic E-state index is 13.9. The van der Waals surface area contributed by atoms with E-state index in [9.17, 15) is 18.0 Å². The maximum absolute atomic E-state index is 13.9. The van der Waals surface area contributed by atoms with Crippen LogP contribution in [0.4, 0.5) is 24.5 Å². The van der Waals surface area contributed by atoms with Crippen molar-refractivity contribution in [3.8, 4) is 0 Å². The van der Waals surface area contributed by atoms with Gasteiger partial charge in [-0.1, -0.05) is 19.9 Å². The summed E-state index contributed by atoms with van der Waals surface area (Å²) in [5, 5.41) is 11.3. The van der Waals surface area contributed by atoms with Crippen LogP contribution < -0.4 is 5.32 Å². The van der Waals surface area contributed by atoms with Crippen LogP contribution in [0, 0.1) is 24.4 Å². The molecular formula is C16H15BrF3NO2. The lowest BCUT2D eigenvalue weighted by molar-refractivity contribution is 0.0697. The number of hydrogen-bond acceptors (Lipinski definition) is 2. The van der Waals surface area contributed by atoms with E-state index in [-0.39, 0.29) is 10.2 Å². The number of carboxylic acids is 1. The molecule has 0 unspecified atom stereocenters. The topological polar surface area (TPSA) is 49.3 Å². The molecule has 0 saturated carbocycles. The lowest BCUT2D eigenvalue weighted by atomic mass is 10.1. The molecule has 2 aromatic rings. The van der Waals surface area contributed by atoms with Crippen molar-refractivity contribution in [2.45, 2.75) is 20.8 Å². The number of anilines is 2. The van der Waals surface area contributed by atoms with Gasteiger partial charge >= 0.3 is 5.97 Å². The molecule has 0 atom stereocenters. The quantitative estimate of drug-likeness (QED) is 0.667. The van der Waals surface area contributed by atoms with E-state index in [0.717, 1.165) is 6.07 Å². The van der Waals surface area contributed by atoms with Crippen molar-refractivity contribution in [2.24, 2.45) is 0 Å². The van der Waals surface area contributed by atoms with Gasteiger partial charge in [0.25, 0.3) is 0 Å². The first-order valence-corrected chi connectivity index (χ1v) is 7.54. The molecule has 0 bridgehead atoms. The third kappa shape index (κ3) is 4.25. The summed E-state index contributed by atoms with van der Waals surface area (Å²) in [4.78, 5) is 11.1. The van der Waals surface area contributed by atoms with Crippen LogP contribution in [0.25, 0.3) is 0 Å². The summed E-state index contributed by atoms with van der Waals surface area (Å²) >= 11 is 2.73. The molecular weight excluding hydrogens is 375 g/mol. The molecule has 0 aliphatic heterocycles. The van der Waals surface area contributed by atoms with Crippen LogP contribution in [-0.2, 0) is 0 Å². The van der Waals surface area contributed by atoms with Crippen LogP contribution in [0.15, 0.2) is 28.7 Å². The zero-order valence-electron chi connectivity index (χ0n) is 12.7. The summed E-state index contributed by atoms with van der Waals surface area (Å²) in [6.07, 6.45) is 0. The number of rotatable bonds is 3. The van der Waals surface area contributed by atoms with E-state index in [4.69, 9.17) is 5.11 Å². The summed E-state index contributed by atoms with van der Waals surface area (Å²) in [5.74, 6) is -4.82. The minimum absolute atomic E-state index is 0.149. The fourth-order valence-electron chi connectivity index (χ4n) is 1.74. The number of hydrogen-bond donors (Lipinski definition) is 2. The van der Waals surface area contributed by atoms with Crippen LogP contribution in [0.3, 0.4) is 0 Å². The van der Waals surface area contributed by atoms with E-state index in [2.05, 4.69) is 21.2 Å². The Morgan fingerprint density at radius 1 is 1.13 bits per heavy atom. The molecule has 23 heavy (non-hydrogen) atoms. The van der Waals surface area contributed by atoms with Gasteiger partial charge in [0.1, 0.15) is 5.82 Å². The highest BCUT2D eigenvalue weighted by Crippen LogP contribution is 2.32. The number of nitrogens with one attached hydrogen (secondary N) is 1. The fourth-order valence-corrected chi connectivity index (χ4v) is 2.15. The Morgan fingerprint density at radius 3 is 2.26 bits per heavy atom. The molecule has 124 valence electrons. The van der Waals surface area contributed by atoms with Gasteiger partial charge in [0.05, 0.1) is 21.4 Å². The lowest BCUT2D eigenvalue weighted by Gasteiger charge is -2.13. The second-order valence-electron chi connectivity index (χ2n) is 4.32. The molecule has 2 rings (SSSR count). The Morgan fingerprint density at radius 2 is 1.74 bits per heavy atom.